The molecule has 0 spiro atoms. The Morgan fingerprint density at radius 2 is 0.963 bits per heavy atom. The SMILES string of the molecule is C/C=C\C[C@H](C)[C@@H](OC(C)=O)[C@H](C(=O)N[C@H](CC)C(=O)N(C)CC(=O)OC)N(C)C(=O)[C@@H](C(C)C)N(C)C(=O)[C@H](CC(C)C)N(C)C(=O)[C@@H](CC(C)C)N(C)C(=O)[C@H](C)NC(=O)[C@@H](C)NC(=O)[C@H](CC(C)C)N(C)C(=O)[C@@H](N)C(C)C. The summed E-state index contributed by atoms with van der Waals surface area (Å²) in [6.45, 7) is 27.2. The van der Waals surface area contributed by atoms with Gasteiger partial charge in [0, 0.05) is 49.2 Å². The third-order valence-electron chi connectivity index (χ3n) is 14.5. The van der Waals surface area contributed by atoms with Gasteiger partial charge in [-0.25, -0.2) is 0 Å². The van der Waals surface area contributed by atoms with Crippen LogP contribution in [0, 0.1) is 35.5 Å². The molecule has 5 N–H and O–H groups in total. The van der Waals surface area contributed by atoms with E-state index in [1.807, 2.05) is 47.6 Å². The molecule has 0 aliphatic rings. The quantitative estimate of drug-likeness (QED) is 0.0543. The normalized spacial score (nSPS) is 15.7. The number of carbonyl (C=O) groups is 11. The molecule has 0 saturated carbocycles. The zero-order valence-electron chi connectivity index (χ0n) is 53.2. The van der Waals surface area contributed by atoms with Crippen molar-refractivity contribution in [2.75, 3.05) is 55.9 Å². The van der Waals surface area contributed by atoms with Gasteiger partial charge >= 0.3 is 11.9 Å². The molecule has 81 heavy (non-hydrogen) atoms. The fourth-order valence-corrected chi connectivity index (χ4v) is 9.45. The number of hydrogen-bond acceptors (Lipinski definition) is 14. The summed E-state index contributed by atoms with van der Waals surface area (Å²) in [4.78, 5) is 160. The Hall–Kier alpha value is -6.13. The standard InChI is InChI=1S/C58H104N10O13/c1-24-26-27-37(13)49(81-40(16)69)48(52(73)62-41(25-2)54(75)63(17)31-45(70)80-23)68(22)58(79)47(36(11)12)67(21)56(77)44(30-34(7)8)66(20)55(76)43(29-33(5)6)65(19)53(74)39(15)61-50(71)38(14)60-51(72)42(28-32(3)4)64(18)57(78)46(59)35(9)10/h24,26,32-39,41-44,46-49H,25,27-31,59H2,1-23H3,(H,60,72)(H,61,71)(H,62,73)/b26-24-/t37-,38+,39-,41+,42-,43+,44-,46-,47+,48+,49+/m0/s1. The Labute approximate surface area is 483 Å². The van der Waals surface area contributed by atoms with Gasteiger partial charge in [0.2, 0.25) is 53.2 Å². The lowest BCUT2D eigenvalue weighted by atomic mass is 9.91. The van der Waals surface area contributed by atoms with Crippen molar-refractivity contribution in [2.24, 2.45) is 41.2 Å². The lowest BCUT2D eigenvalue weighted by Gasteiger charge is -2.42. The molecule has 0 radical (unpaired) electrons. The summed E-state index contributed by atoms with van der Waals surface area (Å²) in [5, 5.41) is 8.06. The molecule has 0 fully saturated rings. The molecular weight excluding hydrogens is 1040 g/mol. The molecule has 9 amide bonds. The minimum atomic E-state index is -1.55. The minimum absolute atomic E-state index is 0.00428. The van der Waals surface area contributed by atoms with Crippen LogP contribution in [-0.4, -0.2) is 211 Å². The highest BCUT2D eigenvalue weighted by atomic mass is 16.5. The van der Waals surface area contributed by atoms with E-state index in [-0.39, 0.29) is 42.9 Å². The number of carbonyl (C=O) groups excluding carboxylic acids is 11. The summed E-state index contributed by atoms with van der Waals surface area (Å²) in [6, 6.07) is -10.4. The number of rotatable bonds is 33. The summed E-state index contributed by atoms with van der Waals surface area (Å²) in [5.41, 5.74) is 6.14. The number of esters is 2. The number of nitrogens with two attached hydrogens (primary N) is 1. The van der Waals surface area contributed by atoms with Gasteiger partial charge in [-0.1, -0.05) is 95.2 Å². The summed E-state index contributed by atoms with van der Waals surface area (Å²) in [5.74, 6) is -8.77. The molecule has 0 aliphatic heterocycles. The van der Waals surface area contributed by atoms with Gasteiger partial charge in [0.15, 0.2) is 0 Å². The Morgan fingerprint density at radius 3 is 1.40 bits per heavy atom. The van der Waals surface area contributed by atoms with Crippen LogP contribution in [0.1, 0.15) is 143 Å². The van der Waals surface area contributed by atoms with Crippen molar-refractivity contribution < 1.29 is 62.2 Å². The molecule has 0 aromatic carbocycles. The van der Waals surface area contributed by atoms with E-state index in [1.54, 1.807) is 54.5 Å². The first-order valence-corrected chi connectivity index (χ1v) is 28.5. The van der Waals surface area contributed by atoms with Crippen molar-refractivity contribution in [3.05, 3.63) is 12.2 Å². The second kappa shape index (κ2) is 35.0. The predicted octanol–water partition coefficient (Wildman–Crippen LogP) is 2.97. The monoisotopic (exact) mass is 1150 g/mol. The minimum Gasteiger partial charge on any atom is -0.468 e. The number of likely N-dealkylation sites (N-methyl/N-ethyl adjacent to an activating group) is 6. The Balaban J connectivity index is 7.20. The first-order chi connectivity index (χ1) is 37.4. The molecule has 0 aromatic heterocycles. The number of nitrogens with zero attached hydrogens (tertiary/aromatic N) is 6. The van der Waals surface area contributed by atoms with Gasteiger partial charge in [-0.05, 0) is 88.4 Å². The number of ether oxygens (including phenoxy) is 2. The molecule has 23 heteroatoms. The van der Waals surface area contributed by atoms with Crippen LogP contribution >= 0.6 is 0 Å². The molecule has 464 valence electrons. The number of hydrogen-bond donors (Lipinski definition) is 4. The molecule has 0 aliphatic carbocycles. The highest BCUT2D eigenvalue weighted by molar-refractivity contribution is 5.98. The molecular formula is C58H104N10O13. The van der Waals surface area contributed by atoms with Crippen LogP contribution in [-0.2, 0) is 62.2 Å². The van der Waals surface area contributed by atoms with E-state index >= 15 is 9.59 Å². The second-order valence-corrected chi connectivity index (χ2v) is 23.6. The zero-order chi connectivity index (χ0) is 63.2. The summed E-state index contributed by atoms with van der Waals surface area (Å²) in [7, 11) is 9.73. The average Bonchev–Trinajstić information content (AvgIpc) is 3.38. The Kier molecular flexibility index (Phi) is 32.3. The van der Waals surface area contributed by atoms with Gasteiger partial charge in [0.1, 0.15) is 61.0 Å². The van der Waals surface area contributed by atoms with E-state index in [4.69, 9.17) is 15.2 Å². The molecule has 0 heterocycles. The first-order valence-electron chi connectivity index (χ1n) is 28.5. The van der Waals surface area contributed by atoms with Crippen LogP contribution in [0.15, 0.2) is 12.2 Å². The maximum Gasteiger partial charge on any atom is 0.325 e. The van der Waals surface area contributed by atoms with Crippen molar-refractivity contribution in [3.63, 3.8) is 0 Å². The van der Waals surface area contributed by atoms with E-state index in [0.29, 0.717) is 12.8 Å². The van der Waals surface area contributed by atoms with Crippen LogP contribution in [0.3, 0.4) is 0 Å². The van der Waals surface area contributed by atoms with Crippen molar-refractivity contribution in [3.8, 4) is 0 Å². The molecule has 11 atom stereocenters. The summed E-state index contributed by atoms with van der Waals surface area (Å²) < 4.78 is 10.6. The summed E-state index contributed by atoms with van der Waals surface area (Å²) >= 11 is 0. The van der Waals surface area contributed by atoms with Gasteiger partial charge in [-0.2, -0.15) is 0 Å². The topological polar surface area (TPSA) is 288 Å². The van der Waals surface area contributed by atoms with Gasteiger partial charge in [0.25, 0.3) is 0 Å². The molecule has 0 unspecified atom stereocenters. The van der Waals surface area contributed by atoms with Crippen molar-refractivity contribution in [1.82, 2.24) is 45.3 Å². The van der Waals surface area contributed by atoms with Gasteiger partial charge in [-0.3, -0.25) is 52.7 Å². The number of nitrogens with one attached hydrogen (secondary N) is 3. The largest absolute Gasteiger partial charge is 0.468 e. The van der Waals surface area contributed by atoms with E-state index < -0.39 is 144 Å². The molecule has 23 nitrogen and oxygen atoms in total. The predicted molar refractivity (Wildman–Crippen MR) is 310 cm³/mol. The number of methoxy groups -OCH3 is 1. The molecule has 0 bridgehead atoms. The second-order valence-electron chi connectivity index (χ2n) is 23.6. The van der Waals surface area contributed by atoms with Gasteiger partial charge in [-0.15, -0.1) is 0 Å². The maximum atomic E-state index is 15.2. The van der Waals surface area contributed by atoms with Crippen LogP contribution in [0.4, 0.5) is 0 Å². The summed E-state index contributed by atoms with van der Waals surface area (Å²) in [6.07, 6.45) is 3.33. The first kappa shape index (κ1) is 74.9. The maximum absolute atomic E-state index is 15.2. The Morgan fingerprint density at radius 1 is 0.519 bits per heavy atom. The van der Waals surface area contributed by atoms with Crippen molar-refractivity contribution in [1.29, 1.82) is 0 Å². The van der Waals surface area contributed by atoms with Crippen molar-refractivity contribution >= 4 is 65.1 Å². The van der Waals surface area contributed by atoms with E-state index in [0.717, 1.165) is 9.80 Å². The van der Waals surface area contributed by atoms with Crippen LogP contribution < -0.4 is 21.7 Å². The highest BCUT2D eigenvalue weighted by Gasteiger charge is 2.46. The van der Waals surface area contributed by atoms with Crippen LogP contribution in [0.5, 0.6) is 0 Å². The highest BCUT2D eigenvalue weighted by Crippen LogP contribution is 2.26. The van der Waals surface area contributed by atoms with Crippen LogP contribution in [0.25, 0.3) is 0 Å². The smallest absolute Gasteiger partial charge is 0.325 e. The fraction of sp³-hybridized carbons (Fsp3) is 0.776. The number of allylic oxidation sites excluding steroid dienone is 2. The number of amides is 9. The Bertz CT molecular complexity index is 2170. The van der Waals surface area contributed by atoms with Crippen LogP contribution in [0.2, 0.25) is 0 Å². The lowest BCUT2D eigenvalue weighted by molar-refractivity contribution is -0.164. The van der Waals surface area contributed by atoms with E-state index in [2.05, 4.69) is 16.0 Å². The van der Waals surface area contributed by atoms with E-state index in [1.165, 1.54) is 89.8 Å². The molecule has 0 aromatic rings. The molecule has 0 rings (SSSR count). The third-order valence-corrected chi connectivity index (χ3v) is 14.5. The van der Waals surface area contributed by atoms with Gasteiger partial charge < -0.3 is 60.6 Å². The van der Waals surface area contributed by atoms with Gasteiger partial charge in [0.05, 0.1) is 13.2 Å². The molecule has 0 saturated heterocycles. The fourth-order valence-electron chi connectivity index (χ4n) is 9.45. The zero-order valence-corrected chi connectivity index (χ0v) is 53.2. The van der Waals surface area contributed by atoms with Crippen molar-refractivity contribution in [2.45, 2.75) is 203 Å². The average molecular weight is 1150 g/mol. The third kappa shape index (κ3) is 22.6. The van der Waals surface area contributed by atoms with E-state index in [9.17, 15) is 43.2 Å². The lowest BCUT2D eigenvalue weighted by Crippen LogP contribution is -2.64.